The minimum atomic E-state index is -0.905. The number of likely N-dealkylation sites (tertiary alicyclic amines) is 1. The number of ether oxygens (including phenoxy) is 1. The molecule has 1 rings (SSSR count). The molecule has 0 bridgehead atoms. The molecular weight excluding hydrogens is 276 g/mol. The smallest absolute Gasteiger partial charge is 0.325 e. The van der Waals surface area contributed by atoms with E-state index < -0.39 is 17.4 Å². The van der Waals surface area contributed by atoms with Crippen molar-refractivity contribution in [1.29, 1.82) is 0 Å². The summed E-state index contributed by atoms with van der Waals surface area (Å²) in [5.41, 5.74) is -0.905. The average Bonchev–Trinajstić information content (AvgIpc) is 2.82. The van der Waals surface area contributed by atoms with Crippen molar-refractivity contribution in [3.05, 3.63) is 0 Å². The molecule has 0 spiro atoms. The maximum atomic E-state index is 12.4. The van der Waals surface area contributed by atoms with Gasteiger partial charge in [0, 0.05) is 19.6 Å². The Hall–Kier alpha value is -1.79. The van der Waals surface area contributed by atoms with Gasteiger partial charge in [0.1, 0.15) is 6.54 Å². The number of carbonyl (C=O) groups is 3. The van der Waals surface area contributed by atoms with Gasteiger partial charge in [-0.05, 0) is 26.7 Å². The maximum absolute atomic E-state index is 12.4. The first-order valence-corrected chi connectivity index (χ1v) is 7.27. The molecule has 0 radical (unpaired) electrons. The van der Waals surface area contributed by atoms with Gasteiger partial charge in [-0.25, -0.2) is 4.79 Å². The summed E-state index contributed by atoms with van der Waals surface area (Å²) in [6.07, 6.45) is 1.14. The Kier molecular flexibility index (Phi) is 5.99. The lowest BCUT2D eigenvalue weighted by Crippen LogP contribution is -2.46. The van der Waals surface area contributed by atoms with Gasteiger partial charge in [0.15, 0.2) is 0 Å². The van der Waals surface area contributed by atoms with Crippen LogP contribution in [0, 0.1) is 5.41 Å². The van der Waals surface area contributed by atoms with Crippen LogP contribution in [0.1, 0.15) is 33.6 Å². The first-order chi connectivity index (χ1) is 9.84. The van der Waals surface area contributed by atoms with Gasteiger partial charge in [-0.3, -0.25) is 9.59 Å². The zero-order chi connectivity index (χ0) is 16.0. The quantitative estimate of drug-likeness (QED) is 0.744. The first-order valence-electron chi connectivity index (χ1n) is 7.27. The monoisotopic (exact) mass is 300 g/mol. The zero-order valence-corrected chi connectivity index (χ0v) is 12.9. The topological polar surface area (TPSA) is 87.2 Å². The number of carboxylic acid groups (broad SMARTS) is 1. The van der Waals surface area contributed by atoms with Crippen LogP contribution in [0.4, 0.5) is 4.79 Å². The third kappa shape index (κ3) is 4.34. The van der Waals surface area contributed by atoms with Gasteiger partial charge in [0.05, 0.1) is 12.0 Å². The molecule has 1 atom stereocenters. The number of hydrogen-bond acceptors (Lipinski definition) is 4. The van der Waals surface area contributed by atoms with Crippen LogP contribution in [0.2, 0.25) is 0 Å². The summed E-state index contributed by atoms with van der Waals surface area (Å²) >= 11 is 0. The first kappa shape index (κ1) is 17.3. The van der Waals surface area contributed by atoms with Gasteiger partial charge in [0.2, 0.25) is 0 Å². The van der Waals surface area contributed by atoms with Gasteiger partial charge in [-0.15, -0.1) is 0 Å². The normalized spacial score (nSPS) is 21.2. The predicted molar refractivity (Wildman–Crippen MR) is 75.8 cm³/mol. The van der Waals surface area contributed by atoms with Crippen molar-refractivity contribution < 1.29 is 24.2 Å². The fourth-order valence-corrected chi connectivity index (χ4v) is 2.37. The van der Waals surface area contributed by atoms with Gasteiger partial charge < -0.3 is 19.6 Å². The van der Waals surface area contributed by atoms with Crippen LogP contribution < -0.4 is 0 Å². The van der Waals surface area contributed by atoms with Crippen molar-refractivity contribution in [3.63, 3.8) is 0 Å². The molecule has 1 fully saturated rings. The van der Waals surface area contributed by atoms with Crippen molar-refractivity contribution >= 4 is 18.0 Å². The molecule has 7 nitrogen and oxygen atoms in total. The molecule has 0 aromatic heterocycles. The third-order valence-electron chi connectivity index (χ3n) is 3.65. The minimum Gasteiger partial charge on any atom is -0.481 e. The molecule has 1 saturated heterocycles. The Morgan fingerprint density at radius 3 is 2.48 bits per heavy atom. The summed E-state index contributed by atoms with van der Waals surface area (Å²) in [4.78, 5) is 38.1. The number of aliphatic carboxylic acids is 1. The second-order valence-corrected chi connectivity index (χ2v) is 5.55. The summed E-state index contributed by atoms with van der Waals surface area (Å²) < 4.78 is 4.87. The van der Waals surface area contributed by atoms with E-state index in [0.717, 1.165) is 6.42 Å². The summed E-state index contributed by atoms with van der Waals surface area (Å²) in [6, 6.07) is -0.296. The Balaban J connectivity index is 2.69. The number of carbonyl (C=O) groups excluding carboxylic acids is 2. The lowest BCUT2D eigenvalue weighted by atomic mass is 9.90. The number of hydrogen-bond donors (Lipinski definition) is 1. The van der Waals surface area contributed by atoms with Crippen molar-refractivity contribution in [3.8, 4) is 0 Å². The van der Waals surface area contributed by atoms with Crippen LogP contribution in [0.5, 0.6) is 0 Å². The van der Waals surface area contributed by atoms with E-state index in [0.29, 0.717) is 19.5 Å². The molecule has 1 aliphatic rings. The molecule has 1 N–H and O–H groups in total. The lowest BCUT2D eigenvalue weighted by Gasteiger charge is -2.28. The molecule has 0 aromatic carbocycles. The average molecular weight is 300 g/mol. The standard InChI is InChI=1S/C14H24N2O5/c1-4-7-15(9-11(17)21-5-2)13(20)16-8-6-14(3,10-16)12(18)19/h4-10H2,1-3H3,(H,18,19). The molecule has 0 aromatic rings. The fourth-order valence-electron chi connectivity index (χ4n) is 2.37. The highest BCUT2D eigenvalue weighted by Crippen LogP contribution is 2.30. The van der Waals surface area contributed by atoms with Crippen LogP contribution in [0.25, 0.3) is 0 Å². The van der Waals surface area contributed by atoms with Crippen molar-refractivity contribution in [2.45, 2.75) is 33.6 Å². The molecule has 2 amide bonds. The van der Waals surface area contributed by atoms with E-state index in [2.05, 4.69) is 0 Å². The Labute approximate surface area is 124 Å². The van der Waals surface area contributed by atoms with E-state index in [1.165, 1.54) is 9.80 Å². The van der Waals surface area contributed by atoms with Crippen LogP contribution in [0.15, 0.2) is 0 Å². The zero-order valence-electron chi connectivity index (χ0n) is 12.9. The highest BCUT2D eigenvalue weighted by atomic mass is 16.5. The maximum Gasteiger partial charge on any atom is 0.325 e. The van der Waals surface area contributed by atoms with Crippen molar-refractivity contribution in [2.24, 2.45) is 5.41 Å². The summed E-state index contributed by atoms with van der Waals surface area (Å²) in [7, 11) is 0. The van der Waals surface area contributed by atoms with Gasteiger partial charge in [-0.1, -0.05) is 6.92 Å². The van der Waals surface area contributed by atoms with Crippen LogP contribution in [-0.2, 0) is 14.3 Å². The van der Waals surface area contributed by atoms with Crippen LogP contribution >= 0.6 is 0 Å². The van der Waals surface area contributed by atoms with E-state index in [1.807, 2.05) is 6.92 Å². The number of nitrogens with zero attached hydrogens (tertiary/aromatic N) is 2. The number of rotatable bonds is 6. The molecule has 21 heavy (non-hydrogen) atoms. The van der Waals surface area contributed by atoms with Crippen LogP contribution in [-0.4, -0.2) is 65.7 Å². The van der Waals surface area contributed by atoms with Crippen molar-refractivity contribution in [1.82, 2.24) is 9.80 Å². The van der Waals surface area contributed by atoms with E-state index in [-0.39, 0.29) is 25.7 Å². The Morgan fingerprint density at radius 1 is 1.33 bits per heavy atom. The molecule has 1 aliphatic heterocycles. The molecule has 7 heteroatoms. The number of amides is 2. The molecule has 1 unspecified atom stereocenters. The molecule has 1 heterocycles. The lowest BCUT2D eigenvalue weighted by molar-refractivity contribution is -0.147. The van der Waals surface area contributed by atoms with E-state index in [9.17, 15) is 19.5 Å². The highest BCUT2D eigenvalue weighted by Gasteiger charge is 2.43. The third-order valence-corrected chi connectivity index (χ3v) is 3.65. The summed E-state index contributed by atoms with van der Waals surface area (Å²) in [5, 5.41) is 9.20. The predicted octanol–water partition coefficient (Wildman–Crippen LogP) is 1.18. The van der Waals surface area contributed by atoms with E-state index in [1.54, 1.807) is 13.8 Å². The summed E-state index contributed by atoms with van der Waals surface area (Å²) in [5.74, 6) is -1.34. The largest absolute Gasteiger partial charge is 0.481 e. The Morgan fingerprint density at radius 2 is 2.00 bits per heavy atom. The molecule has 0 aliphatic carbocycles. The van der Waals surface area contributed by atoms with Gasteiger partial charge >= 0.3 is 18.0 Å². The molecule has 0 saturated carbocycles. The molecule has 120 valence electrons. The highest BCUT2D eigenvalue weighted by molar-refractivity contribution is 5.83. The van der Waals surface area contributed by atoms with E-state index >= 15 is 0 Å². The Bertz CT molecular complexity index is 412. The number of urea groups is 1. The summed E-state index contributed by atoms with van der Waals surface area (Å²) in [6.45, 7) is 6.44. The minimum absolute atomic E-state index is 0.0964. The van der Waals surface area contributed by atoms with Crippen LogP contribution in [0.3, 0.4) is 0 Å². The number of esters is 1. The number of carboxylic acids is 1. The fraction of sp³-hybridized carbons (Fsp3) is 0.786. The van der Waals surface area contributed by atoms with Gasteiger partial charge in [0.25, 0.3) is 0 Å². The van der Waals surface area contributed by atoms with E-state index in [4.69, 9.17) is 4.74 Å². The SMILES string of the molecule is CCCN(CC(=O)OCC)C(=O)N1CCC(C)(C(=O)O)C1. The van der Waals surface area contributed by atoms with Gasteiger partial charge in [-0.2, -0.15) is 0 Å². The van der Waals surface area contributed by atoms with Crippen molar-refractivity contribution in [2.75, 3.05) is 32.8 Å². The molecular formula is C14H24N2O5. The second-order valence-electron chi connectivity index (χ2n) is 5.55. The second kappa shape index (κ2) is 7.28.